The predicted octanol–water partition coefficient (Wildman–Crippen LogP) is 1.03. The molecule has 6 nitrogen and oxygen atoms in total. The van der Waals surface area contributed by atoms with Gasteiger partial charge in [0.1, 0.15) is 5.76 Å². The Balaban J connectivity index is 2.70. The molecule has 1 aromatic heterocycles. The second-order valence-electron chi connectivity index (χ2n) is 5.25. The molecule has 1 aromatic rings. The van der Waals surface area contributed by atoms with E-state index < -0.39 is 10.0 Å². The first kappa shape index (κ1) is 17.2. The Hall–Kier alpha value is -0.890. The van der Waals surface area contributed by atoms with Gasteiger partial charge in [0, 0.05) is 26.7 Å². The lowest BCUT2D eigenvalue weighted by molar-refractivity contribution is 0.240. The van der Waals surface area contributed by atoms with Crippen LogP contribution in [0.4, 0.5) is 0 Å². The van der Waals surface area contributed by atoms with Crippen LogP contribution < -0.4 is 5.32 Å². The van der Waals surface area contributed by atoms with Crippen LogP contribution in [0.1, 0.15) is 26.0 Å². The van der Waals surface area contributed by atoms with Crippen molar-refractivity contribution >= 4 is 10.0 Å². The van der Waals surface area contributed by atoms with Crippen molar-refractivity contribution in [3.63, 3.8) is 0 Å². The fraction of sp³-hybridized carbons (Fsp3) is 0.692. The van der Waals surface area contributed by atoms with Crippen molar-refractivity contribution in [2.75, 3.05) is 20.7 Å². The zero-order valence-electron chi connectivity index (χ0n) is 12.5. The summed E-state index contributed by atoms with van der Waals surface area (Å²) in [7, 11) is -0.594. The summed E-state index contributed by atoms with van der Waals surface area (Å²) in [6.45, 7) is 4.69. The Kier molecular flexibility index (Phi) is 6.19. The first-order valence-electron chi connectivity index (χ1n) is 6.64. The van der Waals surface area contributed by atoms with Crippen LogP contribution in [0.3, 0.4) is 0 Å². The van der Waals surface area contributed by atoms with Gasteiger partial charge in [-0.1, -0.05) is 13.8 Å². The number of furan rings is 1. The quantitative estimate of drug-likeness (QED) is 0.749. The van der Waals surface area contributed by atoms with Gasteiger partial charge in [0.15, 0.2) is 0 Å². The molecule has 1 rings (SSSR count). The van der Waals surface area contributed by atoms with E-state index in [4.69, 9.17) is 9.52 Å². The van der Waals surface area contributed by atoms with Gasteiger partial charge in [-0.15, -0.1) is 0 Å². The minimum atomic E-state index is -3.52. The summed E-state index contributed by atoms with van der Waals surface area (Å²) in [5, 5.41) is 12.2. The third kappa shape index (κ3) is 4.31. The second kappa shape index (κ2) is 7.21. The van der Waals surface area contributed by atoms with E-state index in [-0.39, 0.29) is 17.7 Å². The van der Waals surface area contributed by atoms with Gasteiger partial charge in [-0.05, 0) is 24.5 Å². The van der Waals surface area contributed by atoms with Crippen molar-refractivity contribution in [1.82, 2.24) is 9.62 Å². The van der Waals surface area contributed by atoms with Crippen LogP contribution in [0, 0.1) is 5.92 Å². The van der Waals surface area contributed by atoms with Gasteiger partial charge in [0.05, 0.1) is 6.54 Å². The highest BCUT2D eigenvalue weighted by Gasteiger charge is 2.21. The highest BCUT2D eigenvalue weighted by atomic mass is 32.2. The Labute approximate surface area is 120 Å². The normalized spacial score (nSPS) is 14.2. The number of aliphatic hydroxyl groups excluding tert-OH is 1. The van der Waals surface area contributed by atoms with Crippen LogP contribution in [0.5, 0.6) is 0 Å². The zero-order valence-corrected chi connectivity index (χ0v) is 13.3. The topological polar surface area (TPSA) is 82.8 Å². The lowest BCUT2D eigenvalue weighted by Crippen LogP contribution is -2.34. The summed E-state index contributed by atoms with van der Waals surface area (Å²) in [4.78, 5) is 0. The molecule has 0 bridgehead atoms. The molecule has 1 unspecified atom stereocenters. The molecule has 0 aromatic carbocycles. The van der Waals surface area contributed by atoms with Crippen molar-refractivity contribution < 1.29 is 17.9 Å². The monoisotopic (exact) mass is 304 g/mol. The summed E-state index contributed by atoms with van der Waals surface area (Å²) < 4.78 is 30.2. The fourth-order valence-corrected chi connectivity index (χ4v) is 2.63. The van der Waals surface area contributed by atoms with E-state index in [1.54, 1.807) is 6.07 Å². The first-order valence-corrected chi connectivity index (χ1v) is 8.08. The van der Waals surface area contributed by atoms with Crippen LogP contribution in [0.2, 0.25) is 0 Å². The summed E-state index contributed by atoms with van der Waals surface area (Å²) in [6.07, 6.45) is 0.654. The van der Waals surface area contributed by atoms with Crippen molar-refractivity contribution in [3.8, 4) is 0 Å². The molecule has 0 fully saturated rings. The molecular formula is C13H24N2O4S. The van der Waals surface area contributed by atoms with Crippen LogP contribution in [-0.2, 0) is 16.6 Å². The van der Waals surface area contributed by atoms with E-state index in [0.29, 0.717) is 24.6 Å². The molecule has 1 atom stereocenters. The van der Waals surface area contributed by atoms with E-state index >= 15 is 0 Å². The van der Waals surface area contributed by atoms with E-state index in [0.717, 1.165) is 4.31 Å². The zero-order chi connectivity index (χ0) is 15.3. The van der Waals surface area contributed by atoms with Gasteiger partial charge in [-0.2, -0.15) is 0 Å². The minimum Gasteiger partial charge on any atom is -0.447 e. The SMILES string of the molecule is CC(C)C(CCO)NCc1ccc(S(=O)(=O)N(C)C)o1. The van der Waals surface area contributed by atoms with Gasteiger partial charge < -0.3 is 14.8 Å². The molecule has 0 amide bonds. The number of aliphatic hydroxyl groups is 1. The molecule has 0 saturated carbocycles. The van der Waals surface area contributed by atoms with Crippen LogP contribution in [0.15, 0.2) is 21.6 Å². The average molecular weight is 304 g/mol. The number of hydrogen-bond acceptors (Lipinski definition) is 5. The number of sulfonamides is 1. The standard InChI is InChI=1S/C13H24N2O4S/c1-10(2)12(7-8-16)14-9-11-5-6-13(19-11)20(17,18)15(3)4/h5-6,10,12,14,16H,7-9H2,1-4H3. The van der Waals surface area contributed by atoms with E-state index in [2.05, 4.69) is 19.2 Å². The van der Waals surface area contributed by atoms with E-state index in [1.807, 2.05) is 0 Å². The Morgan fingerprint density at radius 1 is 1.35 bits per heavy atom. The van der Waals surface area contributed by atoms with Gasteiger partial charge in [-0.25, -0.2) is 12.7 Å². The molecule has 0 spiro atoms. The van der Waals surface area contributed by atoms with Crippen LogP contribution >= 0.6 is 0 Å². The number of nitrogens with zero attached hydrogens (tertiary/aromatic N) is 1. The number of hydrogen-bond donors (Lipinski definition) is 2. The summed E-state index contributed by atoms with van der Waals surface area (Å²) in [6, 6.07) is 3.28. The maximum absolute atomic E-state index is 11.9. The van der Waals surface area contributed by atoms with Gasteiger partial charge in [-0.3, -0.25) is 0 Å². The third-order valence-electron chi connectivity index (χ3n) is 3.16. The summed E-state index contributed by atoms with van der Waals surface area (Å²) in [5.74, 6) is 0.941. The second-order valence-corrected chi connectivity index (χ2v) is 7.33. The van der Waals surface area contributed by atoms with E-state index in [9.17, 15) is 8.42 Å². The van der Waals surface area contributed by atoms with Crippen molar-refractivity contribution in [1.29, 1.82) is 0 Å². The molecule has 0 aliphatic rings. The Morgan fingerprint density at radius 3 is 2.50 bits per heavy atom. The Bertz CT molecular complexity index is 508. The summed E-state index contributed by atoms with van der Waals surface area (Å²) >= 11 is 0. The van der Waals surface area contributed by atoms with Crippen molar-refractivity contribution in [3.05, 3.63) is 17.9 Å². The fourth-order valence-electron chi connectivity index (χ4n) is 1.81. The van der Waals surface area contributed by atoms with Crippen molar-refractivity contribution in [2.45, 2.75) is 37.9 Å². The molecule has 0 saturated heterocycles. The molecule has 116 valence electrons. The van der Waals surface area contributed by atoms with Gasteiger partial charge >= 0.3 is 0 Å². The molecule has 0 radical (unpaired) electrons. The molecule has 0 aliphatic heterocycles. The maximum Gasteiger partial charge on any atom is 0.275 e. The molecule has 2 N–H and O–H groups in total. The predicted molar refractivity (Wildman–Crippen MR) is 76.7 cm³/mol. The molecule has 1 heterocycles. The molecule has 7 heteroatoms. The highest BCUT2D eigenvalue weighted by Crippen LogP contribution is 2.17. The average Bonchev–Trinajstić information content (AvgIpc) is 2.83. The maximum atomic E-state index is 11.9. The third-order valence-corrected chi connectivity index (χ3v) is 4.84. The number of rotatable bonds is 8. The lowest BCUT2D eigenvalue weighted by Gasteiger charge is -2.20. The van der Waals surface area contributed by atoms with Crippen molar-refractivity contribution in [2.24, 2.45) is 5.92 Å². The van der Waals surface area contributed by atoms with Crippen LogP contribution in [0.25, 0.3) is 0 Å². The van der Waals surface area contributed by atoms with E-state index in [1.165, 1.54) is 20.2 Å². The smallest absolute Gasteiger partial charge is 0.275 e. The van der Waals surface area contributed by atoms with Crippen LogP contribution in [-0.4, -0.2) is 44.6 Å². The molecule has 0 aliphatic carbocycles. The Morgan fingerprint density at radius 2 is 2.00 bits per heavy atom. The van der Waals surface area contributed by atoms with Gasteiger partial charge in [0.2, 0.25) is 5.09 Å². The first-order chi connectivity index (χ1) is 9.28. The highest BCUT2D eigenvalue weighted by molar-refractivity contribution is 7.88. The molecule has 20 heavy (non-hydrogen) atoms. The largest absolute Gasteiger partial charge is 0.447 e. The minimum absolute atomic E-state index is 0.0532. The number of nitrogens with one attached hydrogen (secondary N) is 1. The van der Waals surface area contributed by atoms with Gasteiger partial charge in [0.25, 0.3) is 10.0 Å². The lowest BCUT2D eigenvalue weighted by atomic mass is 10.0. The summed E-state index contributed by atoms with van der Waals surface area (Å²) in [5.41, 5.74) is 0. The molecular weight excluding hydrogens is 280 g/mol.